The SMILES string of the molecule is N#Cc1cc(-c2cc(N)ncn2)cnc1OC1CCOCC1. The van der Waals surface area contributed by atoms with Gasteiger partial charge in [-0.25, -0.2) is 15.0 Å². The number of nitrogen functional groups attached to an aromatic ring is 1. The van der Waals surface area contributed by atoms with Crippen LogP contribution in [-0.2, 0) is 4.74 Å². The fourth-order valence-electron chi connectivity index (χ4n) is 2.25. The topological polar surface area (TPSA) is 107 Å². The van der Waals surface area contributed by atoms with Gasteiger partial charge in [0.05, 0.1) is 18.9 Å². The highest BCUT2D eigenvalue weighted by molar-refractivity contribution is 5.63. The van der Waals surface area contributed by atoms with Gasteiger partial charge >= 0.3 is 0 Å². The predicted octanol–water partition coefficient (Wildman–Crippen LogP) is 1.55. The highest BCUT2D eigenvalue weighted by Crippen LogP contribution is 2.25. The number of nitrogens with zero attached hydrogens (tertiary/aromatic N) is 4. The molecule has 0 saturated carbocycles. The molecule has 0 amide bonds. The van der Waals surface area contributed by atoms with Crippen LogP contribution in [0.5, 0.6) is 5.88 Å². The molecule has 22 heavy (non-hydrogen) atoms. The molecule has 0 spiro atoms. The molecule has 7 heteroatoms. The predicted molar refractivity (Wildman–Crippen MR) is 78.9 cm³/mol. The Labute approximate surface area is 127 Å². The average Bonchev–Trinajstić information content (AvgIpc) is 2.56. The molecule has 1 aliphatic heterocycles. The van der Waals surface area contributed by atoms with Crippen molar-refractivity contribution in [3.05, 3.63) is 30.2 Å². The van der Waals surface area contributed by atoms with Crippen LogP contribution in [0.3, 0.4) is 0 Å². The summed E-state index contributed by atoms with van der Waals surface area (Å²) < 4.78 is 11.1. The fourth-order valence-corrected chi connectivity index (χ4v) is 2.25. The maximum atomic E-state index is 9.32. The summed E-state index contributed by atoms with van der Waals surface area (Å²) in [6.07, 6.45) is 4.64. The van der Waals surface area contributed by atoms with Gasteiger partial charge in [-0.15, -0.1) is 0 Å². The normalized spacial score (nSPS) is 15.2. The Morgan fingerprint density at radius 2 is 2.05 bits per heavy atom. The molecule has 1 fully saturated rings. The van der Waals surface area contributed by atoms with Crippen molar-refractivity contribution in [2.75, 3.05) is 18.9 Å². The van der Waals surface area contributed by atoms with Crippen molar-refractivity contribution in [3.63, 3.8) is 0 Å². The molecule has 2 aromatic rings. The fraction of sp³-hybridized carbons (Fsp3) is 0.333. The van der Waals surface area contributed by atoms with Gasteiger partial charge in [-0.2, -0.15) is 5.26 Å². The molecule has 2 aromatic heterocycles. The van der Waals surface area contributed by atoms with E-state index in [1.807, 2.05) is 0 Å². The number of aromatic nitrogens is 3. The molecule has 1 saturated heterocycles. The van der Waals surface area contributed by atoms with Crippen molar-refractivity contribution in [1.29, 1.82) is 5.26 Å². The number of ether oxygens (including phenoxy) is 2. The van der Waals surface area contributed by atoms with Gasteiger partial charge in [0.25, 0.3) is 0 Å². The molecule has 112 valence electrons. The van der Waals surface area contributed by atoms with Gasteiger partial charge in [-0.05, 0) is 6.07 Å². The Morgan fingerprint density at radius 1 is 1.23 bits per heavy atom. The first kappa shape index (κ1) is 14.2. The number of pyridine rings is 1. The second-order valence-electron chi connectivity index (χ2n) is 4.95. The molecule has 7 nitrogen and oxygen atoms in total. The lowest BCUT2D eigenvalue weighted by Gasteiger charge is -2.23. The van der Waals surface area contributed by atoms with Crippen LogP contribution in [0.1, 0.15) is 18.4 Å². The first-order chi connectivity index (χ1) is 10.8. The summed E-state index contributed by atoms with van der Waals surface area (Å²) in [5.41, 5.74) is 7.34. The monoisotopic (exact) mass is 297 g/mol. The van der Waals surface area contributed by atoms with Crippen molar-refractivity contribution in [2.24, 2.45) is 0 Å². The summed E-state index contributed by atoms with van der Waals surface area (Å²) in [7, 11) is 0. The number of hydrogen-bond donors (Lipinski definition) is 1. The lowest BCUT2D eigenvalue weighted by atomic mass is 10.1. The summed E-state index contributed by atoms with van der Waals surface area (Å²) in [6, 6.07) is 5.45. The highest BCUT2D eigenvalue weighted by atomic mass is 16.5. The van der Waals surface area contributed by atoms with Gasteiger partial charge in [0.15, 0.2) is 0 Å². The summed E-state index contributed by atoms with van der Waals surface area (Å²) >= 11 is 0. The van der Waals surface area contributed by atoms with E-state index in [0.29, 0.717) is 41.7 Å². The van der Waals surface area contributed by atoms with Gasteiger partial charge in [-0.3, -0.25) is 0 Å². The van der Waals surface area contributed by atoms with Crippen molar-refractivity contribution in [1.82, 2.24) is 15.0 Å². The van der Waals surface area contributed by atoms with Crippen molar-refractivity contribution >= 4 is 5.82 Å². The summed E-state index contributed by atoms with van der Waals surface area (Å²) in [4.78, 5) is 12.2. The van der Waals surface area contributed by atoms with E-state index in [1.165, 1.54) is 6.33 Å². The standard InChI is InChI=1S/C15H15N5O2/c16-7-10-5-11(13-6-14(17)20-9-19-13)8-18-15(10)22-12-1-3-21-4-2-12/h5-6,8-9,12H,1-4H2,(H2,17,19,20). The molecule has 0 aromatic carbocycles. The number of rotatable bonds is 3. The zero-order valence-corrected chi connectivity index (χ0v) is 11.9. The number of anilines is 1. The molecule has 0 unspecified atom stereocenters. The zero-order valence-electron chi connectivity index (χ0n) is 11.9. The van der Waals surface area contributed by atoms with Gasteiger partial charge in [0.2, 0.25) is 5.88 Å². The second kappa shape index (κ2) is 6.37. The number of hydrogen-bond acceptors (Lipinski definition) is 7. The van der Waals surface area contributed by atoms with Gasteiger partial charge < -0.3 is 15.2 Å². The van der Waals surface area contributed by atoms with Crippen LogP contribution in [0.25, 0.3) is 11.3 Å². The van der Waals surface area contributed by atoms with E-state index in [4.69, 9.17) is 15.2 Å². The van der Waals surface area contributed by atoms with Crippen molar-refractivity contribution in [2.45, 2.75) is 18.9 Å². The minimum absolute atomic E-state index is 0.0360. The van der Waals surface area contributed by atoms with Crippen LogP contribution < -0.4 is 10.5 Å². The Bertz CT molecular complexity index is 707. The third-order valence-electron chi connectivity index (χ3n) is 3.40. The third-order valence-corrected chi connectivity index (χ3v) is 3.40. The zero-order chi connectivity index (χ0) is 15.4. The van der Waals surface area contributed by atoms with E-state index >= 15 is 0 Å². The second-order valence-corrected chi connectivity index (χ2v) is 4.95. The third kappa shape index (κ3) is 3.13. The summed E-state index contributed by atoms with van der Waals surface area (Å²) in [5.74, 6) is 0.714. The number of nitrogens with two attached hydrogens (primary N) is 1. The van der Waals surface area contributed by atoms with E-state index in [-0.39, 0.29) is 6.10 Å². The maximum absolute atomic E-state index is 9.32. The molecule has 0 atom stereocenters. The minimum Gasteiger partial charge on any atom is -0.473 e. The van der Waals surface area contributed by atoms with Crippen LogP contribution >= 0.6 is 0 Å². The molecule has 3 heterocycles. The largest absolute Gasteiger partial charge is 0.473 e. The lowest BCUT2D eigenvalue weighted by Crippen LogP contribution is -2.26. The first-order valence-electron chi connectivity index (χ1n) is 6.98. The lowest BCUT2D eigenvalue weighted by molar-refractivity contribution is 0.0236. The molecule has 0 bridgehead atoms. The van der Waals surface area contributed by atoms with Gasteiger partial charge in [0.1, 0.15) is 29.9 Å². The van der Waals surface area contributed by atoms with E-state index < -0.39 is 0 Å². The molecule has 1 aliphatic rings. The Hall–Kier alpha value is -2.72. The van der Waals surface area contributed by atoms with Crippen LogP contribution in [0, 0.1) is 11.3 Å². The van der Waals surface area contributed by atoms with E-state index in [1.54, 1.807) is 18.3 Å². The molecular formula is C15H15N5O2. The van der Waals surface area contributed by atoms with E-state index in [2.05, 4.69) is 21.0 Å². The maximum Gasteiger partial charge on any atom is 0.231 e. The molecular weight excluding hydrogens is 282 g/mol. The number of nitriles is 1. The van der Waals surface area contributed by atoms with Crippen LogP contribution in [0.4, 0.5) is 5.82 Å². The van der Waals surface area contributed by atoms with Crippen molar-refractivity contribution in [3.8, 4) is 23.2 Å². The van der Waals surface area contributed by atoms with Crippen LogP contribution in [0.2, 0.25) is 0 Å². The Kier molecular flexibility index (Phi) is 4.12. The average molecular weight is 297 g/mol. The van der Waals surface area contributed by atoms with Crippen molar-refractivity contribution < 1.29 is 9.47 Å². The Morgan fingerprint density at radius 3 is 2.77 bits per heavy atom. The van der Waals surface area contributed by atoms with E-state index in [9.17, 15) is 5.26 Å². The molecule has 2 N–H and O–H groups in total. The van der Waals surface area contributed by atoms with Crippen LogP contribution in [-0.4, -0.2) is 34.3 Å². The summed E-state index contributed by atoms with van der Waals surface area (Å²) in [6.45, 7) is 1.34. The quantitative estimate of drug-likeness (QED) is 0.915. The van der Waals surface area contributed by atoms with Crippen LogP contribution in [0.15, 0.2) is 24.7 Å². The van der Waals surface area contributed by atoms with Gasteiger partial charge in [-0.1, -0.05) is 0 Å². The smallest absolute Gasteiger partial charge is 0.231 e. The summed E-state index contributed by atoms with van der Waals surface area (Å²) in [5, 5.41) is 9.32. The molecule has 0 aliphatic carbocycles. The first-order valence-corrected chi connectivity index (χ1v) is 6.98. The molecule has 3 rings (SSSR count). The van der Waals surface area contributed by atoms with Gasteiger partial charge in [0, 0.05) is 30.7 Å². The Balaban J connectivity index is 1.86. The van der Waals surface area contributed by atoms with E-state index in [0.717, 1.165) is 12.8 Å². The minimum atomic E-state index is 0.0360. The highest BCUT2D eigenvalue weighted by Gasteiger charge is 2.18. The molecule has 0 radical (unpaired) electrons.